The lowest BCUT2D eigenvalue weighted by Gasteiger charge is -2.30. The highest BCUT2D eigenvalue weighted by Gasteiger charge is 2.18. The molecule has 144 valence electrons. The molecule has 1 saturated heterocycles. The van der Waals surface area contributed by atoms with Crippen molar-refractivity contribution in [3.8, 4) is 17.3 Å². The first kappa shape index (κ1) is 18.7. The molecule has 9 nitrogen and oxygen atoms in total. The van der Waals surface area contributed by atoms with Crippen molar-refractivity contribution in [1.82, 2.24) is 19.5 Å². The number of aromatic hydroxyl groups is 1. The van der Waals surface area contributed by atoms with Gasteiger partial charge in [-0.1, -0.05) is 12.1 Å². The van der Waals surface area contributed by atoms with Gasteiger partial charge in [-0.3, -0.25) is 14.8 Å². The van der Waals surface area contributed by atoms with Gasteiger partial charge < -0.3 is 14.7 Å². The fraction of sp³-hybridized carbons (Fsp3) is 0.389. The smallest absolute Gasteiger partial charge is 0.335 e. The molecule has 1 aliphatic rings. The van der Waals surface area contributed by atoms with Crippen molar-refractivity contribution in [2.75, 3.05) is 39.8 Å². The number of para-hydroxylation sites is 2. The highest BCUT2D eigenvalue weighted by molar-refractivity contribution is 5.82. The summed E-state index contributed by atoms with van der Waals surface area (Å²) in [6.45, 7) is 5.38. The van der Waals surface area contributed by atoms with Crippen LogP contribution in [0.25, 0.3) is 5.69 Å². The average Bonchev–Trinajstić information content (AvgIpc) is 2.64. The molecule has 0 spiro atoms. The minimum Gasteiger partial charge on any atom is -0.493 e. The largest absolute Gasteiger partial charge is 0.493 e. The van der Waals surface area contributed by atoms with Crippen molar-refractivity contribution in [3.05, 3.63) is 50.7 Å². The second kappa shape index (κ2) is 8.09. The lowest BCUT2D eigenvalue weighted by atomic mass is 10.2. The quantitative estimate of drug-likeness (QED) is 0.727. The number of aromatic nitrogens is 2. The van der Waals surface area contributed by atoms with E-state index in [0.29, 0.717) is 18.0 Å². The van der Waals surface area contributed by atoms with Crippen LogP contribution < -0.4 is 16.0 Å². The Hall–Kier alpha value is -3.07. The Morgan fingerprint density at radius 1 is 1.22 bits per heavy atom. The van der Waals surface area contributed by atoms with Crippen molar-refractivity contribution >= 4 is 6.21 Å². The van der Waals surface area contributed by atoms with Crippen LogP contribution >= 0.6 is 0 Å². The normalized spacial score (nSPS) is 15.4. The van der Waals surface area contributed by atoms with Crippen molar-refractivity contribution in [2.45, 2.75) is 6.92 Å². The molecule has 2 N–H and O–H groups in total. The summed E-state index contributed by atoms with van der Waals surface area (Å²) < 4.78 is 6.54. The molecule has 2 heterocycles. The minimum atomic E-state index is -0.749. The third-order valence-corrected chi connectivity index (χ3v) is 4.36. The van der Waals surface area contributed by atoms with Crippen LogP contribution in [0.2, 0.25) is 0 Å². The Bertz CT molecular complexity index is 941. The monoisotopic (exact) mass is 373 g/mol. The fourth-order valence-corrected chi connectivity index (χ4v) is 2.85. The van der Waals surface area contributed by atoms with Gasteiger partial charge in [0.25, 0.3) is 5.56 Å². The van der Waals surface area contributed by atoms with Gasteiger partial charge in [0.1, 0.15) is 11.3 Å². The van der Waals surface area contributed by atoms with Crippen LogP contribution in [0.1, 0.15) is 12.5 Å². The maximum absolute atomic E-state index is 12.3. The molecule has 1 aliphatic heterocycles. The number of hydrogen-bond donors (Lipinski definition) is 2. The molecule has 1 aromatic heterocycles. The summed E-state index contributed by atoms with van der Waals surface area (Å²) in [5.74, 6) is -0.0554. The zero-order valence-electron chi connectivity index (χ0n) is 15.4. The van der Waals surface area contributed by atoms with E-state index in [-0.39, 0.29) is 5.56 Å². The SMILES string of the molecule is CCOc1ccccc1-n1c(O)c(/C=N/N2CCN(C)CC2)c(=O)[nH]c1=O. The summed E-state index contributed by atoms with van der Waals surface area (Å²) in [5.41, 5.74) is -1.19. The van der Waals surface area contributed by atoms with Gasteiger partial charge in [-0.2, -0.15) is 5.10 Å². The molecular weight excluding hydrogens is 350 g/mol. The van der Waals surface area contributed by atoms with E-state index in [1.165, 1.54) is 6.21 Å². The van der Waals surface area contributed by atoms with Crippen molar-refractivity contribution in [1.29, 1.82) is 0 Å². The molecule has 27 heavy (non-hydrogen) atoms. The highest BCUT2D eigenvalue weighted by Crippen LogP contribution is 2.25. The number of hydrogen-bond acceptors (Lipinski definition) is 7. The maximum atomic E-state index is 12.3. The molecule has 0 radical (unpaired) electrons. The van der Waals surface area contributed by atoms with E-state index < -0.39 is 17.1 Å². The highest BCUT2D eigenvalue weighted by atomic mass is 16.5. The van der Waals surface area contributed by atoms with Crippen LogP contribution in [0.4, 0.5) is 0 Å². The first-order valence-electron chi connectivity index (χ1n) is 8.79. The molecule has 0 aliphatic carbocycles. The van der Waals surface area contributed by atoms with E-state index in [1.807, 2.05) is 19.0 Å². The molecule has 1 aromatic carbocycles. The van der Waals surface area contributed by atoms with Crippen molar-refractivity contribution in [2.24, 2.45) is 5.10 Å². The number of piperazine rings is 1. The molecule has 0 saturated carbocycles. The number of nitrogens with zero attached hydrogens (tertiary/aromatic N) is 4. The summed E-state index contributed by atoms with van der Waals surface area (Å²) in [6, 6.07) is 6.80. The molecule has 3 rings (SSSR count). The van der Waals surface area contributed by atoms with E-state index in [9.17, 15) is 14.7 Å². The summed E-state index contributed by atoms with van der Waals surface area (Å²) in [7, 11) is 2.03. The first-order chi connectivity index (χ1) is 13.0. The minimum absolute atomic E-state index is 0.0835. The summed E-state index contributed by atoms with van der Waals surface area (Å²) in [5, 5.41) is 16.7. The van der Waals surface area contributed by atoms with Crippen LogP contribution in [-0.2, 0) is 0 Å². The number of nitrogens with one attached hydrogen (secondary N) is 1. The van der Waals surface area contributed by atoms with Crippen LogP contribution in [0.15, 0.2) is 39.0 Å². The number of rotatable bonds is 5. The number of ether oxygens (including phenoxy) is 1. The zero-order chi connectivity index (χ0) is 19.4. The second-order valence-corrected chi connectivity index (χ2v) is 6.23. The van der Waals surface area contributed by atoms with Gasteiger partial charge in [-0.05, 0) is 26.1 Å². The predicted octanol–water partition coefficient (Wildman–Crippen LogP) is 0.211. The molecule has 1 fully saturated rings. The van der Waals surface area contributed by atoms with Crippen molar-refractivity contribution < 1.29 is 9.84 Å². The number of H-pyrrole nitrogens is 1. The third kappa shape index (κ3) is 4.03. The van der Waals surface area contributed by atoms with Gasteiger partial charge >= 0.3 is 5.69 Å². The number of hydrazone groups is 1. The Balaban J connectivity index is 2.02. The fourth-order valence-electron chi connectivity index (χ4n) is 2.85. The predicted molar refractivity (Wildman–Crippen MR) is 102 cm³/mol. The van der Waals surface area contributed by atoms with E-state index in [4.69, 9.17) is 4.74 Å². The van der Waals surface area contributed by atoms with E-state index >= 15 is 0 Å². The van der Waals surface area contributed by atoms with Gasteiger partial charge in [0, 0.05) is 26.2 Å². The third-order valence-electron chi connectivity index (χ3n) is 4.36. The van der Waals surface area contributed by atoms with Crippen LogP contribution in [-0.4, -0.2) is 70.6 Å². The second-order valence-electron chi connectivity index (χ2n) is 6.23. The van der Waals surface area contributed by atoms with Gasteiger partial charge in [0.15, 0.2) is 0 Å². The van der Waals surface area contributed by atoms with Gasteiger partial charge in [0.05, 0.1) is 18.5 Å². The van der Waals surface area contributed by atoms with E-state index in [1.54, 1.807) is 24.3 Å². The number of likely N-dealkylation sites (N-methyl/N-ethyl adjacent to an activating group) is 1. The van der Waals surface area contributed by atoms with E-state index in [0.717, 1.165) is 30.7 Å². The lowest BCUT2D eigenvalue weighted by Crippen LogP contribution is -2.42. The summed E-state index contributed by atoms with van der Waals surface area (Å²) >= 11 is 0. The molecule has 0 bridgehead atoms. The summed E-state index contributed by atoms with van der Waals surface area (Å²) in [6.07, 6.45) is 1.29. The molecule has 0 atom stereocenters. The zero-order valence-corrected chi connectivity index (χ0v) is 15.4. The van der Waals surface area contributed by atoms with Gasteiger partial charge in [-0.15, -0.1) is 0 Å². The Morgan fingerprint density at radius 2 is 1.93 bits per heavy atom. The van der Waals surface area contributed by atoms with Gasteiger partial charge in [-0.25, -0.2) is 9.36 Å². The first-order valence-corrected chi connectivity index (χ1v) is 8.79. The van der Waals surface area contributed by atoms with Crippen LogP contribution in [0.3, 0.4) is 0 Å². The Morgan fingerprint density at radius 3 is 2.63 bits per heavy atom. The maximum Gasteiger partial charge on any atom is 0.335 e. The molecule has 0 amide bonds. The Labute approximate surface area is 156 Å². The summed E-state index contributed by atoms with van der Waals surface area (Å²) in [4.78, 5) is 29.0. The molecule has 2 aromatic rings. The topological polar surface area (TPSA) is 103 Å². The molecule has 0 unspecified atom stereocenters. The number of aromatic amines is 1. The van der Waals surface area contributed by atoms with Crippen LogP contribution in [0.5, 0.6) is 11.6 Å². The van der Waals surface area contributed by atoms with E-state index in [2.05, 4.69) is 15.0 Å². The van der Waals surface area contributed by atoms with Crippen molar-refractivity contribution in [3.63, 3.8) is 0 Å². The van der Waals surface area contributed by atoms with Crippen LogP contribution in [0, 0.1) is 0 Å². The standard InChI is InChI=1S/C18H23N5O4/c1-3-27-15-7-5-4-6-14(15)23-17(25)13(16(24)20-18(23)26)12-19-22-10-8-21(2)9-11-22/h4-7,12,25H,3,8-11H2,1-2H3,(H,20,24,26)/b19-12+. The van der Waals surface area contributed by atoms with Gasteiger partial charge in [0.2, 0.25) is 5.88 Å². The average molecular weight is 373 g/mol. The Kier molecular flexibility index (Phi) is 5.60. The lowest BCUT2D eigenvalue weighted by molar-refractivity contribution is 0.159. The molecule has 9 heteroatoms. The molecular formula is C18H23N5O4. The number of benzene rings is 1.